The summed E-state index contributed by atoms with van der Waals surface area (Å²) >= 11 is 0. The molecule has 4 rings (SSSR count). The fourth-order valence-corrected chi connectivity index (χ4v) is 2.83. The monoisotopic (exact) mass is 390 g/mol. The van der Waals surface area contributed by atoms with Gasteiger partial charge in [0.15, 0.2) is 0 Å². The number of anilines is 1. The van der Waals surface area contributed by atoms with Crippen LogP contribution in [0.4, 0.5) is 10.1 Å². The van der Waals surface area contributed by atoms with Crippen molar-refractivity contribution in [2.45, 2.75) is 6.92 Å². The van der Waals surface area contributed by atoms with Gasteiger partial charge in [0.05, 0.1) is 5.56 Å². The third-order valence-corrected chi connectivity index (χ3v) is 4.42. The van der Waals surface area contributed by atoms with E-state index in [-0.39, 0.29) is 0 Å². The zero-order valence-corrected chi connectivity index (χ0v) is 16.3. The van der Waals surface area contributed by atoms with Crippen molar-refractivity contribution in [2.75, 3.05) is 19.0 Å². The highest BCUT2D eigenvalue weighted by atomic mass is 19.1. The Hall–Kier alpha value is -3.74. The standard InChI is InChI=1S/C22H19FN4O2/c1-14-11-20(23)24-13-19(14)22-25-21(26-29-22)15-7-9-17(10-8-15)28-18-6-4-5-16(12-18)27(2)3/h4-13H,1-3H3. The minimum Gasteiger partial charge on any atom is -0.457 e. The number of aromatic nitrogens is 3. The van der Waals surface area contributed by atoms with E-state index in [1.165, 1.54) is 12.3 Å². The number of hydrogen-bond donors (Lipinski definition) is 0. The van der Waals surface area contributed by atoms with E-state index in [2.05, 4.69) is 15.1 Å². The van der Waals surface area contributed by atoms with Crippen LogP contribution in [-0.4, -0.2) is 29.2 Å². The first-order chi connectivity index (χ1) is 14.0. The first-order valence-corrected chi connectivity index (χ1v) is 9.01. The van der Waals surface area contributed by atoms with Crippen LogP contribution in [0.5, 0.6) is 11.5 Å². The molecule has 0 radical (unpaired) electrons. The van der Waals surface area contributed by atoms with Crippen LogP contribution in [0.15, 0.2) is 65.3 Å². The van der Waals surface area contributed by atoms with Crippen LogP contribution in [0.25, 0.3) is 22.8 Å². The molecule has 2 aromatic heterocycles. The third kappa shape index (κ3) is 4.08. The Bertz CT molecular complexity index is 1140. The molecule has 0 fully saturated rings. The Morgan fingerprint density at radius 1 is 1.00 bits per heavy atom. The summed E-state index contributed by atoms with van der Waals surface area (Å²) in [6.07, 6.45) is 1.39. The number of hydrogen-bond acceptors (Lipinski definition) is 6. The third-order valence-electron chi connectivity index (χ3n) is 4.42. The van der Waals surface area contributed by atoms with E-state index in [4.69, 9.17) is 9.26 Å². The number of ether oxygens (including phenoxy) is 1. The van der Waals surface area contributed by atoms with Crippen molar-refractivity contribution in [3.05, 3.63) is 72.3 Å². The highest BCUT2D eigenvalue weighted by Gasteiger charge is 2.14. The van der Waals surface area contributed by atoms with Gasteiger partial charge in [-0.3, -0.25) is 0 Å². The van der Waals surface area contributed by atoms with Gasteiger partial charge in [-0.2, -0.15) is 9.37 Å². The maximum Gasteiger partial charge on any atom is 0.260 e. The molecule has 0 atom stereocenters. The van der Waals surface area contributed by atoms with Crippen molar-refractivity contribution in [3.8, 4) is 34.3 Å². The van der Waals surface area contributed by atoms with E-state index >= 15 is 0 Å². The van der Waals surface area contributed by atoms with Gasteiger partial charge >= 0.3 is 0 Å². The number of benzene rings is 2. The molecular formula is C22H19FN4O2. The topological polar surface area (TPSA) is 64.3 Å². The number of nitrogens with zero attached hydrogens (tertiary/aromatic N) is 4. The predicted octanol–water partition coefficient (Wildman–Crippen LogP) is 5.10. The molecule has 2 aromatic carbocycles. The second-order valence-electron chi connectivity index (χ2n) is 6.76. The quantitative estimate of drug-likeness (QED) is 0.442. The second kappa shape index (κ2) is 7.71. The van der Waals surface area contributed by atoms with E-state index in [0.717, 1.165) is 17.0 Å². The fraction of sp³-hybridized carbons (Fsp3) is 0.136. The summed E-state index contributed by atoms with van der Waals surface area (Å²) in [6.45, 7) is 1.77. The Labute approximate surface area is 167 Å². The molecule has 0 bridgehead atoms. The summed E-state index contributed by atoms with van der Waals surface area (Å²) in [4.78, 5) is 10.1. The Morgan fingerprint density at radius 3 is 2.52 bits per heavy atom. The van der Waals surface area contributed by atoms with Crippen molar-refractivity contribution in [3.63, 3.8) is 0 Å². The Morgan fingerprint density at radius 2 is 1.79 bits per heavy atom. The SMILES string of the molecule is Cc1cc(F)ncc1-c1nc(-c2ccc(Oc3cccc(N(C)C)c3)cc2)no1. The predicted molar refractivity (Wildman–Crippen MR) is 109 cm³/mol. The van der Waals surface area contributed by atoms with Crippen LogP contribution in [-0.2, 0) is 0 Å². The Kier molecular flexibility index (Phi) is 4.95. The number of aryl methyl sites for hydroxylation is 1. The lowest BCUT2D eigenvalue weighted by molar-refractivity contribution is 0.431. The van der Waals surface area contributed by atoms with Crippen molar-refractivity contribution in [1.29, 1.82) is 0 Å². The molecule has 0 N–H and O–H groups in total. The summed E-state index contributed by atoms with van der Waals surface area (Å²) in [6, 6.07) is 16.6. The maximum absolute atomic E-state index is 13.2. The molecule has 0 saturated carbocycles. The number of halogens is 1. The van der Waals surface area contributed by atoms with Gasteiger partial charge in [0.25, 0.3) is 5.89 Å². The van der Waals surface area contributed by atoms with Gasteiger partial charge in [-0.1, -0.05) is 11.2 Å². The molecule has 0 unspecified atom stereocenters. The minimum absolute atomic E-state index is 0.297. The molecule has 2 heterocycles. The van der Waals surface area contributed by atoms with Gasteiger partial charge in [-0.15, -0.1) is 0 Å². The molecule has 0 amide bonds. The average Bonchev–Trinajstić information content (AvgIpc) is 3.18. The first kappa shape index (κ1) is 18.6. The van der Waals surface area contributed by atoms with Gasteiger partial charge in [0.1, 0.15) is 11.5 Å². The van der Waals surface area contributed by atoms with Crippen LogP contribution in [0, 0.1) is 12.9 Å². The van der Waals surface area contributed by atoms with E-state index in [1.807, 2.05) is 67.5 Å². The lowest BCUT2D eigenvalue weighted by Crippen LogP contribution is -2.08. The van der Waals surface area contributed by atoms with Gasteiger partial charge in [0, 0.05) is 37.6 Å². The van der Waals surface area contributed by atoms with Gasteiger partial charge in [0.2, 0.25) is 11.8 Å². The van der Waals surface area contributed by atoms with Crippen LogP contribution in [0.3, 0.4) is 0 Å². The summed E-state index contributed by atoms with van der Waals surface area (Å²) in [5.74, 6) is 1.64. The normalized spacial score (nSPS) is 10.8. The molecule has 0 aliphatic heterocycles. The highest BCUT2D eigenvalue weighted by molar-refractivity contribution is 5.62. The molecule has 0 aliphatic rings. The van der Waals surface area contributed by atoms with Gasteiger partial charge in [-0.05, 0) is 55.0 Å². The molecule has 0 aliphatic carbocycles. The van der Waals surface area contributed by atoms with Crippen molar-refractivity contribution >= 4 is 5.69 Å². The smallest absolute Gasteiger partial charge is 0.260 e. The van der Waals surface area contributed by atoms with Crippen molar-refractivity contribution < 1.29 is 13.7 Å². The first-order valence-electron chi connectivity index (χ1n) is 9.01. The van der Waals surface area contributed by atoms with Gasteiger partial charge < -0.3 is 14.2 Å². The second-order valence-corrected chi connectivity index (χ2v) is 6.76. The highest BCUT2D eigenvalue weighted by Crippen LogP contribution is 2.28. The van der Waals surface area contributed by atoms with E-state index in [1.54, 1.807) is 6.92 Å². The zero-order valence-electron chi connectivity index (χ0n) is 16.3. The Balaban J connectivity index is 1.53. The summed E-state index contributed by atoms with van der Waals surface area (Å²) in [5.41, 5.74) is 3.12. The van der Waals surface area contributed by atoms with Crippen molar-refractivity contribution in [2.24, 2.45) is 0 Å². The molecule has 0 saturated heterocycles. The van der Waals surface area contributed by atoms with E-state index in [9.17, 15) is 4.39 Å². The maximum atomic E-state index is 13.2. The molecule has 4 aromatic rings. The van der Waals surface area contributed by atoms with Crippen LogP contribution in [0.2, 0.25) is 0 Å². The van der Waals surface area contributed by atoms with Gasteiger partial charge in [-0.25, -0.2) is 4.98 Å². The fourth-order valence-electron chi connectivity index (χ4n) is 2.83. The molecule has 0 spiro atoms. The largest absolute Gasteiger partial charge is 0.457 e. The summed E-state index contributed by atoms with van der Waals surface area (Å²) < 4.78 is 24.5. The molecule has 146 valence electrons. The molecule has 29 heavy (non-hydrogen) atoms. The lowest BCUT2D eigenvalue weighted by Gasteiger charge is -2.14. The minimum atomic E-state index is -0.544. The summed E-state index contributed by atoms with van der Waals surface area (Å²) in [7, 11) is 3.97. The summed E-state index contributed by atoms with van der Waals surface area (Å²) in [5, 5.41) is 4.02. The zero-order chi connectivity index (χ0) is 20.4. The molecule has 6 nitrogen and oxygen atoms in total. The molecular weight excluding hydrogens is 371 g/mol. The van der Waals surface area contributed by atoms with Crippen LogP contribution < -0.4 is 9.64 Å². The number of pyridine rings is 1. The van der Waals surface area contributed by atoms with E-state index in [0.29, 0.717) is 28.6 Å². The van der Waals surface area contributed by atoms with E-state index < -0.39 is 5.95 Å². The van der Waals surface area contributed by atoms with Crippen LogP contribution in [0.1, 0.15) is 5.56 Å². The lowest BCUT2D eigenvalue weighted by atomic mass is 10.1. The average molecular weight is 390 g/mol. The molecule has 7 heteroatoms. The van der Waals surface area contributed by atoms with Crippen molar-refractivity contribution in [1.82, 2.24) is 15.1 Å². The number of rotatable bonds is 5. The van der Waals surface area contributed by atoms with Crippen LogP contribution >= 0.6 is 0 Å².